The number of nitrogens with two attached hydrogens (primary N) is 2. The molecule has 0 aliphatic rings. The van der Waals surface area contributed by atoms with Crippen LogP contribution in [0.3, 0.4) is 0 Å². The number of hydrogen-bond donors (Lipinski definition) is 3. The van der Waals surface area contributed by atoms with Crippen LogP contribution in [-0.2, 0) is 14.4 Å². The maximum atomic E-state index is 11.6. The molecule has 17 heavy (non-hydrogen) atoms. The lowest BCUT2D eigenvalue weighted by atomic mass is 10.2. The van der Waals surface area contributed by atoms with Gasteiger partial charge in [0.2, 0.25) is 17.7 Å². The van der Waals surface area contributed by atoms with E-state index in [0.29, 0.717) is 6.54 Å². The van der Waals surface area contributed by atoms with E-state index in [2.05, 4.69) is 5.32 Å². The van der Waals surface area contributed by atoms with E-state index in [0.717, 1.165) is 6.42 Å². The van der Waals surface area contributed by atoms with Crippen LogP contribution in [0.5, 0.6) is 0 Å². The molecule has 3 amide bonds. The van der Waals surface area contributed by atoms with Crippen molar-refractivity contribution in [1.29, 1.82) is 0 Å². The summed E-state index contributed by atoms with van der Waals surface area (Å²) in [7, 11) is 1.45. The van der Waals surface area contributed by atoms with Crippen molar-refractivity contribution in [3.05, 3.63) is 0 Å². The molecule has 0 bridgehead atoms. The lowest BCUT2D eigenvalue weighted by Gasteiger charge is -2.20. The average Bonchev–Trinajstić information content (AvgIpc) is 2.24. The summed E-state index contributed by atoms with van der Waals surface area (Å²) in [5.41, 5.74) is 10.4. The molecule has 1 atom stereocenters. The van der Waals surface area contributed by atoms with E-state index < -0.39 is 17.9 Å². The van der Waals surface area contributed by atoms with Crippen molar-refractivity contribution in [2.24, 2.45) is 11.5 Å². The lowest BCUT2D eigenvalue weighted by molar-refractivity contribution is -0.136. The first-order chi connectivity index (χ1) is 7.88. The molecule has 7 nitrogen and oxygen atoms in total. The molecule has 0 heterocycles. The smallest absolute Gasteiger partial charge is 0.240 e. The van der Waals surface area contributed by atoms with Crippen molar-refractivity contribution < 1.29 is 14.4 Å². The summed E-state index contributed by atoms with van der Waals surface area (Å²) in [5.74, 6) is -1.38. The minimum Gasteiger partial charge on any atom is -0.370 e. The van der Waals surface area contributed by atoms with E-state index in [9.17, 15) is 14.4 Å². The van der Waals surface area contributed by atoms with Gasteiger partial charge in [0.05, 0.1) is 19.0 Å². The molecule has 0 aromatic heterocycles. The maximum Gasteiger partial charge on any atom is 0.240 e. The number of amides is 3. The largest absolute Gasteiger partial charge is 0.370 e. The van der Waals surface area contributed by atoms with Gasteiger partial charge in [-0.3, -0.25) is 14.4 Å². The van der Waals surface area contributed by atoms with Crippen LogP contribution in [0.1, 0.15) is 19.8 Å². The molecule has 0 rings (SSSR count). The van der Waals surface area contributed by atoms with E-state index in [1.165, 1.54) is 11.9 Å². The van der Waals surface area contributed by atoms with Crippen LogP contribution >= 0.6 is 0 Å². The maximum absolute atomic E-state index is 11.6. The molecular formula is C10H20N4O3. The van der Waals surface area contributed by atoms with Gasteiger partial charge in [0, 0.05) is 13.6 Å². The Morgan fingerprint density at radius 2 is 1.94 bits per heavy atom. The quantitative estimate of drug-likeness (QED) is 0.488. The van der Waals surface area contributed by atoms with E-state index in [-0.39, 0.29) is 18.9 Å². The molecule has 5 N–H and O–H groups in total. The Morgan fingerprint density at radius 3 is 2.41 bits per heavy atom. The lowest BCUT2D eigenvalue weighted by Crippen LogP contribution is -2.47. The zero-order valence-electron chi connectivity index (χ0n) is 10.2. The molecule has 0 aliphatic heterocycles. The van der Waals surface area contributed by atoms with Crippen LogP contribution in [0.4, 0.5) is 0 Å². The Hall–Kier alpha value is -1.63. The highest BCUT2D eigenvalue weighted by Crippen LogP contribution is 1.94. The molecule has 1 unspecified atom stereocenters. The molecule has 0 saturated carbocycles. The van der Waals surface area contributed by atoms with Gasteiger partial charge in [-0.1, -0.05) is 6.92 Å². The highest BCUT2D eigenvalue weighted by molar-refractivity contribution is 5.90. The van der Waals surface area contributed by atoms with Crippen LogP contribution < -0.4 is 16.8 Å². The van der Waals surface area contributed by atoms with Gasteiger partial charge in [-0.25, -0.2) is 0 Å². The molecule has 98 valence electrons. The zero-order valence-corrected chi connectivity index (χ0v) is 10.2. The van der Waals surface area contributed by atoms with Gasteiger partial charge in [0.25, 0.3) is 0 Å². The van der Waals surface area contributed by atoms with Gasteiger partial charge < -0.3 is 21.7 Å². The fraction of sp³-hybridized carbons (Fsp3) is 0.700. The van der Waals surface area contributed by atoms with Crippen LogP contribution in [-0.4, -0.2) is 48.8 Å². The van der Waals surface area contributed by atoms with Gasteiger partial charge >= 0.3 is 0 Å². The minimum atomic E-state index is -0.989. The van der Waals surface area contributed by atoms with Crippen molar-refractivity contribution in [2.45, 2.75) is 25.8 Å². The number of nitrogens with zero attached hydrogens (tertiary/aromatic N) is 1. The van der Waals surface area contributed by atoms with Gasteiger partial charge in [-0.2, -0.15) is 0 Å². The predicted molar refractivity (Wildman–Crippen MR) is 62.7 cm³/mol. The second-order valence-corrected chi connectivity index (χ2v) is 3.82. The number of primary amides is 1. The Morgan fingerprint density at radius 1 is 1.35 bits per heavy atom. The van der Waals surface area contributed by atoms with Crippen molar-refractivity contribution >= 4 is 17.7 Å². The van der Waals surface area contributed by atoms with Crippen LogP contribution in [0.25, 0.3) is 0 Å². The summed E-state index contributed by atoms with van der Waals surface area (Å²) in [6, 6.07) is -0.989. The fourth-order valence-electron chi connectivity index (χ4n) is 1.20. The van der Waals surface area contributed by atoms with E-state index >= 15 is 0 Å². The highest BCUT2D eigenvalue weighted by atomic mass is 16.2. The Bertz CT molecular complexity index is 293. The van der Waals surface area contributed by atoms with Crippen LogP contribution in [0.2, 0.25) is 0 Å². The Labute approximate surface area is 100 Å². The second-order valence-electron chi connectivity index (χ2n) is 3.82. The number of likely N-dealkylation sites (N-methyl/N-ethyl adjacent to an activating group) is 1. The third-order valence-corrected chi connectivity index (χ3v) is 2.07. The Balaban J connectivity index is 4.12. The standard InChI is InChI=1S/C10H20N4O3/c1-3-4-13-9(16)6-14(2)10(17)7(11)5-8(12)15/h7H,3-6,11H2,1-2H3,(H2,12,15)(H,13,16). The summed E-state index contributed by atoms with van der Waals surface area (Å²) >= 11 is 0. The minimum absolute atomic E-state index is 0.0781. The van der Waals surface area contributed by atoms with Gasteiger partial charge in [-0.15, -0.1) is 0 Å². The van der Waals surface area contributed by atoms with E-state index in [4.69, 9.17) is 11.5 Å². The molecule has 0 aliphatic carbocycles. The molecule has 0 aromatic rings. The van der Waals surface area contributed by atoms with E-state index in [1.807, 2.05) is 6.92 Å². The normalized spacial score (nSPS) is 11.7. The summed E-state index contributed by atoms with van der Waals surface area (Å²) in [4.78, 5) is 34.7. The molecule has 0 radical (unpaired) electrons. The summed E-state index contributed by atoms with van der Waals surface area (Å²) in [6.45, 7) is 2.41. The third kappa shape index (κ3) is 6.52. The summed E-state index contributed by atoms with van der Waals surface area (Å²) < 4.78 is 0. The first kappa shape index (κ1) is 15.4. The second kappa shape index (κ2) is 7.61. The highest BCUT2D eigenvalue weighted by Gasteiger charge is 2.21. The first-order valence-electron chi connectivity index (χ1n) is 5.44. The van der Waals surface area contributed by atoms with Gasteiger partial charge in [-0.05, 0) is 6.42 Å². The van der Waals surface area contributed by atoms with Crippen LogP contribution in [0.15, 0.2) is 0 Å². The fourth-order valence-corrected chi connectivity index (χ4v) is 1.20. The van der Waals surface area contributed by atoms with Crippen molar-refractivity contribution in [1.82, 2.24) is 10.2 Å². The van der Waals surface area contributed by atoms with Crippen molar-refractivity contribution in [3.63, 3.8) is 0 Å². The average molecular weight is 244 g/mol. The van der Waals surface area contributed by atoms with Crippen molar-refractivity contribution in [3.8, 4) is 0 Å². The number of carbonyl (C=O) groups excluding carboxylic acids is 3. The number of carbonyl (C=O) groups is 3. The topological polar surface area (TPSA) is 119 Å². The predicted octanol–water partition coefficient (Wildman–Crippen LogP) is -1.83. The molecule has 7 heteroatoms. The number of rotatable bonds is 7. The molecule has 0 aromatic carbocycles. The molecule has 0 spiro atoms. The molecular weight excluding hydrogens is 224 g/mol. The Kier molecular flexibility index (Phi) is 6.88. The zero-order chi connectivity index (χ0) is 13.4. The van der Waals surface area contributed by atoms with Gasteiger partial charge in [0.15, 0.2) is 0 Å². The molecule has 0 saturated heterocycles. The first-order valence-corrected chi connectivity index (χ1v) is 5.44. The van der Waals surface area contributed by atoms with E-state index in [1.54, 1.807) is 0 Å². The molecule has 0 fully saturated rings. The monoisotopic (exact) mass is 244 g/mol. The summed E-state index contributed by atoms with van der Waals surface area (Å²) in [5, 5.41) is 2.63. The third-order valence-electron chi connectivity index (χ3n) is 2.07. The SMILES string of the molecule is CCCNC(=O)CN(C)C(=O)C(N)CC(N)=O. The number of nitrogens with one attached hydrogen (secondary N) is 1. The summed E-state index contributed by atoms with van der Waals surface area (Å²) in [6.07, 6.45) is 0.602. The van der Waals surface area contributed by atoms with Crippen LogP contribution in [0, 0.1) is 0 Å². The van der Waals surface area contributed by atoms with Crippen molar-refractivity contribution in [2.75, 3.05) is 20.1 Å². The van der Waals surface area contributed by atoms with Gasteiger partial charge in [0.1, 0.15) is 0 Å². The number of hydrogen-bond acceptors (Lipinski definition) is 4.